The Morgan fingerprint density at radius 3 is 2.50 bits per heavy atom. The largest absolute Gasteiger partial charge is 0.493 e. The minimum absolute atomic E-state index is 0.00180. The Hall–Kier alpha value is -3.71. The number of piperidine rings is 1. The molecule has 13 heteroatoms. The smallest absolute Gasteiger partial charge is 0.257 e. The molecular weight excluding hydrogens is 526 g/mol. The molecule has 0 spiro atoms. The molecule has 1 amide bonds. The van der Waals surface area contributed by atoms with Gasteiger partial charge in [0, 0.05) is 50.1 Å². The number of halogens is 2. The van der Waals surface area contributed by atoms with Crippen LogP contribution in [0.2, 0.25) is 0 Å². The summed E-state index contributed by atoms with van der Waals surface area (Å²) in [6, 6.07) is 1.93. The van der Waals surface area contributed by atoms with Crippen molar-refractivity contribution in [3.63, 3.8) is 0 Å². The van der Waals surface area contributed by atoms with Crippen molar-refractivity contribution in [1.29, 1.82) is 0 Å². The summed E-state index contributed by atoms with van der Waals surface area (Å²) in [5.74, 6) is -0.388. The molecule has 5 rings (SSSR count). The molecule has 3 aromatic rings. The number of ether oxygens (including phenoxy) is 1. The van der Waals surface area contributed by atoms with Gasteiger partial charge in [0.05, 0.1) is 24.9 Å². The fourth-order valence-corrected chi connectivity index (χ4v) is 4.65. The third-order valence-corrected chi connectivity index (χ3v) is 7.14. The van der Waals surface area contributed by atoms with Crippen molar-refractivity contribution in [2.24, 2.45) is 5.92 Å². The SMILES string of the molecule is O=C(NCC(O)CO)c1c(F)cc(OCCCC2CCN(c3ncc(-c4noc(C5CC5)n4)cn3)CC2)cc1F. The highest BCUT2D eigenvalue weighted by atomic mass is 19.1. The van der Waals surface area contributed by atoms with Crippen LogP contribution in [0.1, 0.15) is 60.7 Å². The molecule has 0 bridgehead atoms. The van der Waals surface area contributed by atoms with Crippen molar-refractivity contribution >= 4 is 11.9 Å². The standard InChI is InChI=1S/C27H32F2N6O5/c28-21-10-20(11-22(29)23(21)25(38)30-14-19(37)15-36)39-9-1-2-16-5-7-35(8-6-16)27-31-12-18(13-32-27)24-33-26(40-34-24)17-3-4-17/h10-13,16-17,19,36-37H,1-9,14-15H2,(H,30,38). The quantitative estimate of drug-likeness (QED) is 0.284. The highest BCUT2D eigenvalue weighted by Crippen LogP contribution is 2.39. The normalized spacial score (nSPS) is 16.6. The first-order valence-corrected chi connectivity index (χ1v) is 13.5. The van der Waals surface area contributed by atoms with Crippen LogP contribution >= 0.6 is 0 Å². The van der Waals surface area contributed by atoms with Gasteiger partial charge in [-0.1, -0.05) is 5.16 Å². The first-order valence-electron chi connectivity index (χ1n) is 13.5. The van der Waals surface area contributed by atoms with Crippen molar-refractivity contribution < 1.29 is 33.0 Å². The van der Waals surface area contributed by atoms with Crippen LogP contribution in [0.15, 0.2) is 29.0 Å². The fraction of sp³-hybridized carbons (Fsp3) is 0.519. The number of carbonyl (C=O) groups excluding carboxylic acids is 1. The third kappa shape index (κ3) is 6.89. The minimum Gasteiger partial charge on any atom is -0.493 e. The van der Waals surface area contributed by atoms with Crippen LogP contribution in [0.25, 0.3) is 11.4 Å². The molecule has 11 nitrogen and oxygen atoms in total. The zero-order valence-electron chi connectivity index (χ0n) is 21.9. The summed E-state index contributed by atoms with van der Waals surface area (Å²) in [5.41, 5.74) is -0.0368. The monoisotopic (exact) mass is 558 g/mol. The van der Waals surface area contributed by atoms with Crippen LogP contribution in [0, 0.1) is 17.6 Å². The number of rotatable bonds is 12. The topological polar surface area (TPSA) is 147 Å². The maximum atomic E-state index is 14.4. The van der Waals surface area contributed by atoms with Crippen molar-refractivity contribution in [1.82, 2.24) is 25.4 Å². The first kappa shape index (κ1) is 27.8. The average Bonchev–Trinajstić information content (AvgIpc) is 3.70. The Morgan fingerprint density at radius 1 is 1.15 bits per heavy atom. The molecule has 1 saturated heterocycles. The Labute approximate surface area is 229 Å². The number of nitrogens with one attached hydrogen (secondary N) is 1. The summed E-state index contributed by atoms with van der Waals surface area (Å²) in [6.07, 6.45) is 7.99. The van der Waals surface area contributed by atoms with Crippen LogP contribution in [0.4, 0.5) is 14.7 Å². The molecule has 1 unspecified atom stereocenters. The summed E-state index contributed by atoms with van der Waals surface area (Å²) >= 11 is 0. The van der Waals surface area contributed by atoms with Crippen LogP contribution < -0.4 is 15.0 Å². The van der Waals surface area contributed by atoms with Gasteiger partial charge in [0.25, 0.3) is 5.91 Å². The van der Waals surface area contributed by atoms with E-state index in [4.69, 9.17) is 14.4 Å². The van der Waals surface area contributed by atoms with Crippen molar-refractivity contribution in [3.8, 4) is 17.1 Å². The van der Waals surface area contributed by atoms with E-state index >= 15 is 0 Å². The summed E-state index contributed by atoms with van der Waals surface area (Å²) in [6.45, 7) is 1.04. The molecule has 1 saturated carbocycles. The number of carbonyl (C=O) groups is 1. The second-order valence-corrected chi connectivity index (χ2v) is 10.2. The zero-order chi connectivity index (χ0) is 28.1. The lowest BCUT2D eigenvalue weighted by Gasteiger charge is -2.32. The predicted molar refractivity (Wildman–Crippen MR) is 139 cm³/mol. The molecule has 2 fully saturated rings. The Morgan fingerprint density at radius 2 is 1.85 bits per heavy atom. The van der Waals surface area contributed by atoms with Crippen LogP contribution in [-0.2, 0) is 0 Å². The van der Waals surface area contributed by atoms with Gasteiger partial charge in [0.1, 0.15) is 22.9 Å². The van der Waals surface area contributed by atoms with Gasteiger partial charge in [-0.2, -0.15) is 4.98 Å². The number of hydrogen-bond acceptors (Lipinski definition) is 10. The van der Waals surface area contributed by atoms with Crippen LogP contribution in [0.3, 0.4) is 0 Å². The predicted octanol–water partition coefficient (Wildman–Crippen LogP) is 2.84. The van der Waals surface area contributed by atoms with Crippen molar-refractivity contribution in [2.75, 3.05) is 37.7 Å². The number of aliphatic hydroxyl groups excluding tert-OH is 2. The van der Waals surface area contributed by atoms with E-state index in [2.05, 4.69) is 30.3 Å². The molecule has 2 aliphatic rings. The van der Waals surface area contributed by atoms with Gasteiger partial charge in [-0.15, -0.1) is 0 Å². The summed E-state index contributed by atoms with van der Waals surface area (Å²) < 4.78 is 39.6. The summed E-state index contributed by atoms with van der Waals surface area (Å²) in [7, 11) is 0. The molecule has 1 aliphatic carbocycles. The highest BCUT2D eigenvalue weighted by Gasteiger charge is 2.30. The van der Waals surface area contributed by atoms with Crippen LogP contribution in [0.5, 0.6) is 5.75 Å². The maximum Gasteiger partial charge on any atom is 0.257 e. The summed E-state index contributed by atoms with van der Waals surface area (Å²) in [4.78, 5) is 27.6. The second-order valence-electron chi connectivity index (χ2n) is 10.2. The van der Waals surface area contributed by atoms with E-state index < -0.39 is 35.8 Å². The van der Waals surface area contributed by atoms with Gasteiger partial charge in [-0.25, -0.2) is 18.7 Å². The number of benzene rings is 1. The second kappa shape index (κ2) is 12.6. The van der Waals surface area contributed by atoms with Crippen molar-refractivity contribution in [3.05, 3.63) is 47.6 Å². The first-order chi connectivity index (χ1) is 19.4. The Kier molecular flexibility index (Phi) is 8.80. The number of hydrogen-bond donors (Lipinski definition) is 3. The van der Waals surface area contributed by atoms with E-state index in [9.17, 15) is 18.7 Å². The van der Waals surface area contributed by atoms with E-state index in [-0.39, 0.29) is 18.9 Å². The molecular formula is C27H32F2N6O5. The minimum atomic E-state index is -1.21. The molecule has 1 aliphatic heterocycles. The van der Waals surface area contributed by atoms with E-state index in [0.29, 0.717) is 35.9 Å². The zero-order valence-corrected chi connectivity index (χ0v) is 21.9. The molecule has 40 heavy (non-hydrogen) atoms. The van der Waals surface area contributed by atoms with Crippen molar-refractivity contribution in [2.45, 2.75) is 50.5 Å². The van der Waals surface area contributed by atoms with Gasteiger partial charge >= 0.3 is 0 Å². The average molecular weight is 559 g/mol. The van der Waals surface area contributed by atoms with Gasteiger partial charge in [0.15, 0.2) is 0 Å². The lowest BCUT2D eigenvalue weighted by molar-refractivity contribution is 0.0796. The fourth-order valence-electron chi connectivity index (χ4n) is 4.65. The maximum absolute atomic E-state index is 14.4. The van der Waals surface area contributed by atoms with E-state index in [1.54, 1.807) is 12.4 Å². The Bertz CT molecular complexity index is 1270. The number of amides is 1. The third-order valence-electron chi connectivity index (χ3n) is 7.14. The number of nitrogens with zero attached hydrogens (tertiary/aromatic N) is 5. The van der Waals surface area contributed by atoms with E-state index in [1.165, 1.54) is 0 Å². The molecule has 3 heterocycles. The number of aromatic nitrogens is 4. The lowest BCUT2D eigenvalue weighted by atomic mass is 9.92. The van der Waals surface area contributed by atoms with Gasteiger partial charge in [-0.05, 0) is 44.4 Å². The highest BCUT2D eigenvalue weighted by molar-refractivity contribution is 5.94. The van der Waals surface area contributed by atoms with Gasteiger partial charge in [0.2, 0.25) is 17.7 Å². The van der Waals surface area contributed by atoms with E-state index in [1.807, 2.05) is 0 Å². The van der Waals surface area contributed by atoms with Gasteiger partial charge < -0.3 is 29.7 Å². The van der Waals surface area contributed by atoms with E-state index in [0.717, 1.165) is 62.9 Å². The molecule has 1 aromatic carbocycles. The molecule has 1 atom stereocenters. The lowest BCUT2D eigenvalue weighted by Crippen LogP contribution is -2.35. The number of aliphatic hydroxyl groups is 2. The van der Waals surface area contributed by atoms with Gasteiger partial charge in [-0.3, -0.25) is 4.79 Å². The summed E-state index contributed by atoms with van der Waals surface area (Å²) in [5, 5.41) is 24.3. The Balaban J connectivity index is 1.03. The number of anilines is 1. The molecule has 214 valence electrons. The molecule has 3 N–H and O–H groups in total. The molecule has 2 aromatic heterocycles. The van der Waals surface area contributed by atoms with Crippen LogP contribution in [-0.4, -0.2) is 75.2 Å². The molecule has 0 radical (unpaired) electrons.